The van der Waals surface area contributed by atoms with Crippen LogP contribution >= 0.6 is 0 Å². The van der Waals surface area contributed by atoms with E-state index in [-0.39, 0.29) is 0 Å². The Balaban J connectivity index is 2.10. The van der Waals surface area contributed by atoms with Crippen molar-refractivity contribution < 1.29 is 0 Å². The Morgan fingerprint density at radius 1 is 1.44 bits per heavy atom. The normalized spacial score (nSPS) is 22.0. The molecule has 1 N–H and O–H groups in total. The van der Waals surface area contributed by atoms with E-state index in [0.717, 1.165) is 6.42 Å². The van der Waals surface area contributed by atoms with Crippen LogP contribution in [-0.4, -0.2) is 5.54 Å². The third kappa shape index (κ3) is 1.68. The smallest absolute Gasteiger partial charge is 0.0223 e. The van der Waals surface area contributed by atoms with Gasteiger partial charge in [0.05, 0.1) is 0 Å². The highest BCUT2D eigenvalue weighted by Gasteiger charge is 2.39. The zero-order valence-corrected chi connectivity index (χ0v) is 6.41. The van der Waals surface area contributed by atoms with Crippen molar-refractivity contribution in [3.8, 4) is 0 Å². The van der Waals surface area contributed by atoms with E-state index in [9.17, 15) is 0 Å². The summed E-state index contributed by atoms with van der Waals surface area (Å²) >= 11 is 0. The Labute approximate surface area is 57.8 Å². The summed E-state index contributed by atoms with van der Waals surface area (Å²) in [6.45, 7) is 6.60. The van der Waals surface area contributed by atoms with Crippen molar-refractivity contribution in [2.24, 2.45) is 0 Å². The minimum atomic E-state index is 0.538. The van der Waals surface area contributed by atoms with Crippen molar-refractivity contribution in [3.05, 3.63) is 6.54 Å². The minimum Gasteiger partial charge on any atom is -0.307 e. The Kier molecular flexibility index (Phi) is 2.12. The van der Waals surface area contributed by atoms with E-state index in [1.54, 1.807) is 0 Å². The van der Waals surface area contributed by atoms with Gasteiger partial charge in [-0.05, 0) is 25.7 Å². The third-order valence-electron chi connectivity index (χ3n) is 2.14. The summed E-state index contributed by atoms with van der Waals surface area (Å²) in [7, 11) is 0. The van der Waals surface area contributed by atoms with Crippen LogP contribution in [0.4, 0.5) is 0 Å². The van der Waals surface area contributed by atoms with Crippen molar-refractivity contribution in [1.29, 1.82) is 0 Å². The molecule has 53 valence electrons. The molecule has 0 atom stereocenters. The average Bonchev–Trinajstić information content (AvgIpc) is 2.65. The lowest BCUT2D eigenvalue weighted by atomic mass is 10.2. The molecule has 1 heteroatoms. The topological polar surface area (TPSA) is 12.0 Å². The van der Waals surface area contributed by atoms with Crippen LogP contribution < -0.4 is 5.32 Å². The van der Waals surface area contributed by atoms with Crippen LogP contribution in [-0.2, 0) is 0 Å². The Bertz CT molecular complexity index is 84.6. The Hall–Kier alpha value is -0.0400. The highest BCUT2D eigenvalue weighted by atomic mass is 15.0. The van der Waals surface area contributed by atoms with Crippen molar-refractivity contribution in [1.82, 2.24) is 5.32 Å². The highest BCUT2D eigenvalue weighted by Crippen LogP contribution is 2.38. The van der Waals surface area contributed by atoms with E-state index in [2.05, 4.69) is 25.7 Å². The van der Waals surface area contributed by atoms with Crippen LogP contribution in [0.1, 0.15) is 39.5 Å². The van der Waals surface area contributed by atoms with E-state index in [4.69, 9.17) is 0 Å². The molecule has 0 saturated heterocycles. The fourth-order valence-corrected chi connectivity index (χ4v) is 1.07. The maximum absolute atomic E-state index is 3.44. The molecule has 1 radical (unpaired) electrons. The van der Waals surface area contributed by atoms with Gasteiger partial charge < -0.3 is 5.32 Å². The molecule has 0 aromatic carbocycles. The minimum absolute atomic E-state index is 0.538. The SMILES string of the molecule is CC[CH]NC1(CC)CC1. The second-order valence-corrected chi connectivity index (χ2v) is 2.89. The molecular weight excluding hydrogens is 110 g/mol. The van der Waals surface area contributed by atoms with Crippen LogP contribution in [0.25, 0.3) is 0 Å². The molecule has 0 bridgehead atoms. The molecule has 0 aromatic heterocycles. The van der Waals surface area contributed by atoms with Crippen LogP contribution in [0.2, 0.25) is 0 Å². The molecule has 1 aliphatic carbocycles. The van der Waals surface area contributed by atoms with E-state index in [1.807, 2.05) is 0 Å². The van der Waals surface area contributed by atoms with Gasteiger partial charge >= 0.3 is 0 Å². The summed E-state index contributed by atoms with van der Waals surface area (Å²) in [6, 6.07) is 0. The van der Waals surface area contributed by atoms with E-state index in [0.29, 0.717) is 5.54 Å². The van der Waals surface area contributed by atoms with Gasteiger partial charge in [0.15, 0.2) is 0 Å². The number of hydrogen-bond donors (Lipinski definition) is 1. The predicted molar refractivity (Wildman–Crippen MR) is 40.0 cm³/mol. The van der Waals surface area contributed by atoms with E-state index in [1.165, 1.54) is 19.3 Å². The van der Waals surface area contributed by atoms with Gasteiger partial charge in [0.25, 0.3) is 0 Å². The first kappa shape index (κ1) is 7.07. The summed E-state index contributed by atoms with van der Waals surface area (Å²) in [5.74, 6) is 0. The predicted octanol–water partition coefficient (Wildman–Crippen LogP) is 2.09. The number of rotatable bonds is 4. The molecule has 0 heterocycles. The lowest BCUT2D eigenvalue weighted by Crippen LogP contribution is -2.27. The maximum Gasteiger partial charge on any atom is 0.0223 e. The first-order chi connectivity index (χ1) is 4.33. The number of nitrogens with one attached hydrogen (secondary N) is 1. The summed E-state index contributed by atoms with van der Waals surface area (Å²) in [4.78, 5) is 0. The van der Waals surface area contributed by atoms with E-state index >= 15 is 0 Å². The average molecular weight is 126 g/mol. The van der Waals surface area contributed by atoms with Crippen LogP contribution in [0, 0.1) is 6.54 Å². The molecule has 0 aromatic rings. The summed E-state index contributed by atoms with van der Waals surface area (Å²) in [6.07, 6.45) is 5.17. The fraction of sp³-hybridized carbons (Fsp3) is 0.875. The number of hydrogen-bond acceptors (Lipinski definition) is 1. The van der Waals surface area contributed by atoms with Crippen molar-refractivity contribution in [2.75, 3.05) is 0 Å². The maximum atomic E-state index is 3.44. The van der Waals surface area contributed by atoms with Crippen molar-refractivity contribution in [2.45, 2.75) is 45.1 Å². The molecule has 0 unspecified atom stereocenters. The van der Waals surface area contributed by atoms with Gasteiger partial charge in [-0.15, -0.1) is 0 Å². The summed E-state index contributed by atoms with van der Waals surface area (Å²) < 4.78 is 0. The summed E-state index contributed by atoms with van der Waals surface area (Å²) in [5, 5.41) is 3.44. The Morgan fingerprint density at radius 2 is 2.11 bits per heavy atom. The zero-order valence-electron chi connectivity index (χ0n) is 6.41. The second kappa shape index (κ2) is 2.70. The van der Waals surface area contributed by atoms with Crippen molar-refractivity contribution >= 4 is 0 Å². The molecular formula is C8H16N. The molecule has 9 heavy (non-hydrogen) atoms. The molecule has 1 rings (SSSR count). The molecule has 1 saturated carbocycles. The summed E-state index contributed by atoms with van der Waals surface area (Å²) in [5.41, 5.74) is 0.538. The fourth-order valence-electron chi connectivity index (χ4n) is 1.07. The van der Waals surface area contributed by atoms with Gasteiger partial charge in [0.2, 0.25) is 0 Å². The van der Waals surface area contributed by atoms with Crippen LogP contribution in [0.5, 0.6) is 0 Å². The van der Waals surface area contributed by atoms with Gasteiger partial charge in [-0.25, -0.2) is 0 Å². The molecule has 0 amide bonds. The lowest BCUT2D eigenvalue weighted by molar-refractivity contribution is 0.523. The van der Waals surface area contributed by atoms with Crippen LogP contribution in [0.3, 0.4) is 0 Å². The van der Waals surface area contributed by atoms with E-state index < -0.39 is 0 Å². The molecule has 0 aliphatic heterocycles. The molecule has 1 nitrogen and oxygen atoms in total. The van der Waals surface area contributed by atoms with Gasteiger partial charge in [-0.1, -0.05) is 13.8 Å². The first-order valence-electron chi connectivity index (χ1n) is 3.92. The standard InChI is InChI=1S/C8H16N/c1-3-7-9-8(4-2)5-6-8/h7,9H,3-6H2,1-2H3. The highest BCUT2D eigenvalue weighted by molar-refractivity contribution is 5.02. The van der Waals surface area contributed by atoms with Gasteiger partial charge in [0, 0.05) is 12.1 Å². The van der Waals surface area contributed by atoms with Crippen LogP contribution in [0.15, 0.2) is 0 Å². The van der Waals surface area contributed by atoms with Gasteiger partial charge in [0.1, 0.15) is 0 Å². The lowest BCUT2D eigenvalue weighted by Gasteiger charge is -2.12. The largest absolute Gasteiger partial charge is 0.307 e. The third-order valence-corrected chi connectivity index (χ3v) is 2.14. The van der Waals surface area contributed by atoms with Gasteiger partial charge in [-0.2, -0.15) is 0 Å². The monoisotopic (exact) mass is 126 g/mol. The Morgan fingerprint density at radius 3 is 2.44 bits per heavy atom. The molecule has 0 spiro atoms. The zero-order chi connectivity index (χ0) is 6.74. The quantitative estimate of drug-likeness (QED) is 0.608. The first-order valence-corrected chi connectivity index (χ1v) is 3.92. The van der Waals surface area contributed by atoms with Crippen molar-refractivity contribution in [3.63, 3.8) is 0 Å². The van der Waals surface area contributed by atoms with Gasteiger partial charge in [-0.3, -0.25) is 0 Å². The second-order valence-electron chi connectivity index (χ2n) is 2.89. The molecule has 1 aliphatic rings. The molecule has 1 fully saturated rings.